The van der Waals surface area contributed by atoms with Crippen molar-refractivity contribution in [3.05, 3.63) is 182 Å². The van der Waals surface area contributed by atoms with Gasteiger partial charge in [-0.25, -0.2) is 15.0 Å². The van der Waals surface area contributed by atoms with E-state index in [1.54, 1.807) is 11.3 Å². The number of furan rings is 1. The Labute approximate surface area is 330 Å². The van der Waals surface area contributed by atoms with Crippen molar-refractivity contribution < 1.29 is 4.42 Å². The number of rotatable bonds is 5. The Kier molecular flexibility index (Phi) is 7.03. The molecule has 4 heterocycles. The van der Waals surface area contributed by atoms with E-state index in [2.05, 4.69) is 126 Å². The van der Waals surface area contributed by atoms with Gasteiger partial charge in [0.05, 0.1) is 11.0 Å². The van der Waals surface area contributed by atoms with E-state index in [-0.39, 0.29) is 0 Å². The van der Waals surface area contributed by atoms with E-state index >= 15 is 0 Å². The summed E-state index contributed by atoms with van der Waals surface area (Å²) in [4.78, 5) is 15.3. The average Bonchev–Trinajstić information content (AvgIpc) is 3.95. The molecule has 6 heteroatoms. The van der Waals surface area contributed by atoms with E-state index in [0.29, 0.717) is 17.5 Å². The highest BCUT2D eigenvalue weighted by Gasteiger charge is 2.19. The van der Waals surface area contributed by atoms with Crippen LogP contribution in [0.3, 0.4) is 0 Å². The SMILES string of the molecule is c1ccc(-c2nc(-c3ccc4c(c3)sc3cc(-c5ccc6c(c5)c5ccccc5n6-c5ccccc5)ccc34)nc(-c3cccc4oc5ccccc5c34)n2)cc1. The molecule has 5 nitrogen and oxygen atoms in total. The number of aromatic nitrogens is 4. The Morgan fingerprint density at radius 2 is 0.982 bits per heavy atom. The minimum atomic E-state index is 0.612. The molecule has 12 aromatic rings. The molecule has 0 radical (unpaired) electrons. The smallest absolute Gasteiger partial charge is 0.164 e. The Morgan fingerprint density at radius 1 is 0.386 bits per heavy atom. The van der Waals surface area contributed by atoms with E-state index in [0.717, 1.165) is 44.3 Å². The van der Waals surface area contributed by atoms with Crippen LogP contribution in [-0.2, 0) is 0 Å². The summed E-state index contributed by atoms with van der Waals surface area (Å²) in [7, 11) is 0. The largest absolute Gasteiger partial charge is 0.456 e. The van der Waals surface area contributed by atoms with Gasteiger partial charge in [0.15, 0.2) is 17.5 Å². The Balaban J connectivity index is 0.978. The summed E-state index contributed by atoms with van der Waals surface area (Å²) in [6.45, 7) is 0. The molecule has 0 spiro atoms. The van der Waals surface area contributed by atoms with Gasteiger partial charge in [0.2, 0.25) is 0 Å². The third-order valence-corrected chi connectivity index (χ3v) is 12.2. The summed E-state index contributed by atoms with van der Waals surface area (Å²) in [5, 5.41) is 7.00. The van der Waals surface area contributed by atoms with Crippen molar-refractivity contribution in [3.63, 3.8) is 0 Å². The molecule has 266 valence electrons. The van der Waals surface area contributed by atoms with Crippen LogP contribution in [0.5, 0.6) is 0 Å². The first-order valence-electron chi connectivity index (χ1n) is 19.0. The molecule has 0 fully saturated rings. The fourth-order valence-corrected chi connectivity index (χ4v) is 9.59. The quantitative estimate of drug-likeness (QED) is 0.176. The van der Waals surface area contributed by atoms with Crippen molar-refractivity contribution in [3.8, 4) is 51.0 Å². The molecule has 0 amide bonds. The van der Waals surface area contributed by atoms with Crippen LogP contribution in [0.1, 0.15) is 0 Å². The van der Waals surface area contributed by atoms with E-state index in [4.69, 9.17) is 19.4 Å². The monoisotopic (exact) mass is 746 g/mol. The topological polar surface area (TPSA) is 56.7 Å². The summed E-state index contributed by atoms with van der Waals surface area (Å²) in [5.41, 5.74) is 10.4. The van der Waals surface area contributed by atoms with E-state index in [1.165, 1.54) is 53.1 Å². The first-order valence-corrected chi connectivity index (χ1v) is 19.8. The van der Waals surface area contributed by atoms with Gasteiger partial charge in [-0.2, -0.15) is 0 Å². The van der Waals surface area contributed by atoms with Crippen LogP contribution in [-0.4, -0.2) is 19.5 Å². The van der Waals surface area contributed by atoms with Crippen molar-refractivity contribution in [1.82, 2.24) is 19.5 Å². The van der Waals surface area contributed by atoms with E-state index in [1.807, 2.05) is 60.7 Å². The zero-order valence-corrected chi connectivity index (χ0v) is 31.2. The van der Waals surface area contributed by atoms with Crippen molar-refractivity contribution in [2.75, 3.05) is 0 Å². The molecule has 0 aliphatic heterocycles. The molecule has 8 aromatic carbocycles. The van der Waals surface area contributed by atoms with E-state index in [9.17, 15) is 0 Å². The first-order chi connectivity index (χ1) is 28.2. The van der Waals surface area contributed by atoms with Gasteiger partial charge in [-0.1, -0.05) is 127 Å². The van der Waals surface area contributed by atoms with Crippen LogP contribution >= 0.6 is 11.3 Å². The maximum atomic E-state index is 6.24. The average molecular weight is 747 g/mol. The Hall–Kier alpha value is -7.41. The van der Waals surface area contributed by atoms with Gasteiger partial charge < -0.3 is 8.98 Å². The van der Waals surface area contributed by atoms with Crippen LogP contribution in [0, 0.1) is 0 Å². The highest BCUT2D eigenvalue weighted by Crippen LogP contribution is 2.41. The molecule has 0 saturated heterocycles. The summed E-state index contributed by atoms with van der Waals surface area (Å²) in [6, 6.07) is 63.9. The second-order valence-electron chi connectivity index (χ2n) is 14.4. The standard InChI is InChI=1S/C51H30N4OS/c1-3-12-31(13-4-1)49-52-50(54-51(53-49)40-18-11-21-45-48(40)39-17-8-10-20-44(39)56-45)34-23-26-38-37-25-22-33(29-46(37)57-47(38)30-34)32-24-27-43-41(28-32)36-16-7-9-19-42(36)55(43)35-14-5-2-6-15-35/h1-30H. The molecule has 0 unspecified atom stereocenters. The van der Waals surface area contributed by atoms with Crippen molar-refractivity contribution in [2.45, 2.75) is 0 Å². The zero-order valence-electron chi connectivity index (χ0n) is 30.4. The number of hydrogen-bond acceptors (Lipinski definition) is 5. The maximum absolute atomic E-state index is 6.24. The number of thiophene rings is 1. The normalized spacial score (nSPS) is 11.9. The second kappa shape index (κ2) is 12.6. The Morgan fingerprint density at radius 3 is 1.81 bits per heavy atom. The number of hydrogen-bond donors (Lipinski definition) is 0. The highest BCUT2D eigenvalue weighted by atomic mass is 32.1. The van der Waals surface area contributed by atoms with Crippen molar-refractivity contribution >= 4 is 75.3 Å². The molecule has 0 aliphatic rings. The first kappa shape index (κ1) is 31.9. The molecule has 57 heavy (non-hydrogen) atoms. The zero-order chi connectivity index (χ0) is 37.5. The molecular weight excluding hydrogens is 717 g/mol. The van der Waals surface area contributed by atoms with Crippen molar-refractivity contribution in [2.24, 2.45) is 0 Å². The summed E-state index contributed by atoms with van der Waals surface area (Å²) in [5.74, 6) is 1.87. The number of benzene rings is 8. The van der Waals surface area contributed by atoms with Gasteiger partial charge in [0.25, 0.3) is 0 Å². The molecule has 0 atom stereocenters. The maximum Gasteiger partial charge on any atom is 0.164 e. The minimum Gasteiger partial charge on any atom is -0.456 e. The van der Waals surface area contributed by atoms with Gasteiger partial charge in [-0.05, 0) is 65.7 Å². The lowest BCUT2D eigenvalue weighted by Crippen LogP contribution is -2.00. The summed E-state index contributed by atoms with van der Waals surface area (Å²) >= 11 is 1.80. The van der Waals surface area contributed by atoms with Crippen LogP contribution in [0.4, 0.5) is 0 Å². The third kappa shape index (κ3) is 5.12. The van der Waals surface area contributed by atoms with Gasteiger partial charge in [-0.15, -0.1) is 11.3 Å². The van der Waals surface area contributed by atoms with Gasteiger partial charge in [0.1, 0.15) is 11.2 Å². The van der Waals surface area contributed by atoms with Crippen LogP contribution < -0.4 is 0 Å². The lowest BCUT2D eigenvalue weighted by molar-refractivity contribution is 0.669. The van der Waals surface area contributed by atoms with Crippen molar-refractivity contribution in [1.29, 1.82) is 0 Å². The van der Waals surface area contributed by atoms with Gasteiger partial charge >= 0.3 is 0 Å². The molecule has 12 rings (SSSR count). The fraction of sp³-hybridized carbons (Fsp3) is 0. The van der Waals surface area contributed by atoms with Crippen LogP contribution in [0.25, 0.3) is 115 Å². The van der Waals surface area contributed by atoms with Crippen LogP contribution in [0.15, 0.2) is 186 Å². The number of para-hydroxylation sites is 3. The summed E-state index contributed by atoms with van der Waals surface area (Å²) < 4.78 is 11.0. The predicted octanol–water partition coefficient (Wildman–Crippen LogP) is 13.9. The lowest BCUT2D eigenvalue weighted by Gasteiger charge is -2.09. The molecule has 0 N–H and O–H groups in total. The summed E-state index contributed by atoms with van der Waals surface area (Å²) in [6.07, 6.45) is 0. The number of nitrogens with zero attached hydrogens (tertiary/aromatic N) is 4. The predicted molar refractivity (Wildman–Crippen MR) is 236 cm³/mol. The third-order valence-electron chi connectivity index (χ3n) is 11.1. The molecule has 0 saturated carbocycles. The number of fused-ring (bicyclic) bond motifs is 9. The fourth-order valence-electron chi connectivity index (χ4n) is 8.41. The lowest BCUT2D eigenvalue weighted by atomic mass is 10.0. The van der Waals surface area contributed by atoms with Gasteiger partial charge in [-0.3, -0.25) is 0 Å². The molecular formula is C51H30N4OS. The Bertz CT molecular complexity index is 3530. The highest BCUT2D eigenvalue weighted by molar-refractivity contribution is 7.25. The molecule has 4 aromatic heterocycles. The van der Waals surface area contributed by atoms with Gasteiger partial charge in [0, 0.05) is 64.1 Å². The second-order valence-corrected chi connectivity index (χ2v) is 15.5. The van der Waals surface area contributed by atoms with Crippen LogP contribution in [0.2, 0.25) is 0 Å². The molecule has 0 aliphatic carbocycles. The van der Waals surface area contributed by atoms with E-state index < -0.39 is 0 Å². The minimum absolute atomic E-state index is 0.612. The molecule has 0 bridgehead atoms.